The average Bonchev–Trinajstić information content (AvgIpc) is 2.45. The fourth-order valence-electron chi connectivity index (χ4n) is 6.58. The number of halogens is 1. The first-order valence-electron chi connectivity index (χ1n) is 9.08. The molecule has 2 nitrogen and oxygen atoms in total. The van der Waals surface area contributed by atoms with E-state index in [1.807, 2.05) is 0 Å². The molecule has 0 aromatic heterocycles. The van der Waals surface area contributed by atoms with Gasteiger partial charge >= 0.3 is 0 Å². The molecular formula is C18H31ClNO-. The first-order valence-corrected chi connectivity index (χ1v) is 9.08. The normalized spacial score (nSPS) is 45.1. The molecule has 122 valence electrons. The first-order chi connectivity index (χ1) is 9.66. The summed E-state index contributed by atoms with van der Waals surface area (Å²) in [4.78, 5) is 2.58. The van der Waals surface area contributed by atoms with Gasteiger partial charge in [0.1, 0.15) is 0 Å². The number of aliphatic hydroxyl groups excluding tert-OH is 1. The molecule has 0 spiro atoms. The second kappa shape index (κ2) is 6.02. The zero-order valence-electron chi connectivity index (χ0n) is 13.4. The average molecular weight is 313 g/mol. The fraction of sp³-hybridized carbons (Fsp3) is 1.00. The molecule has 0 amide bonds. The van der Waals surface area contributed by atoms with Gasteiger partial charge in [-0.25, -0.2) is 0 Å². The Labute approximate surface area is 136 Å². The van der Waals surface area contributed by atoms with E-state index < -0.39 is 0 Å². The van der Waals surface area contributed by atoms with Gasteiger partial charge in [0, 0.05) is 6.04 Å². The lowest BCUT2D eigenvalue weighted by Crippen LogP contribution is -3.00. The lowest BCUT2D eigenvalue weighted by Gasteiger charge is -2.59. The molecule has 5 rings (SSSR count). The SMILES string of the molecule is CC(C(O)C12CC3CC(CC(C3)C1)C2)N1CCCCC1.[Cl-]. The second-order valence-electron chi connectivity index (χ2n) is 8.56. The lowest BCUT2D eigenvalue weighted by molar-refractivity contribution is -0.142. The highest BCUT2D eigenvalue weighted by Crippen LogP contribution is 2.61. The summed E-state index contributed by atoms with van der Waals surface area (Å²) in [5, 5.41) is 11.2. The van der Waals surface area contributed by atoms with Gasteiger partial charge in [-0.05, 0) is 94.5 Å². The van der Waals surface area contributed by atoms with E-state index in [0.29, 0.717) is 11.5 Å². The number of nitrogens with zero attached hydrogens (tertiary/aromatic N) is 1. The maximum absolute atomic E-state index is 11.2. The molecule has 1 N–H and O–H groups in total. The highest BCUT2D eigenvalue weighted by molar-refractivity contribution is 5.06. The molecule has 0 aromatic carbocycles. The molecule has 5 aliphatic rings. The van der Waals surface area contributed by atoms with Crippen molar-refractivity contribution in [2.24, 2.45) is 23.2 Å². The Morgan fingerprint density at radius 2 is 1.38 bits per heavy atom. The smallest absolute Gasteiger partial charge is 0.0749 e. The van der Waals surface area contributed by atoms with Crippen LogP contribution in [0.1, 0.15) is 64.7 Å². The van der Waals surface area contributed by atoms with Crippen LogP contribution in [0.25, 0.3) is 0 Å². The molecule has 1 aliphatic heterocycles. The number of piperidine rings is 1. The molecule has 21 heavy (non-hydrogen) atoms. The van der Waals surface area contributed by atoms with Crippen LogP contribution in [-0.2, 0) is 0 Å². The van der Waals surface area contributed by atoms with Crippen LogP contribution in [-0.4, -0.2) is 35.2 Å². The van der Waals surface area contributed by atoms with E-state index in [2.05, 4.69) is 11.8 Å². The first kappa shape index (κ1) is 16.1. The van der Waals surface area contributed by atoms with Crippen LogP contribution < -0.4 is 12.4 Å². The summed E-state index contributed by atoms with van der Waals surface area (Å²) in [5.74, 6) is 2.85. The Bertz CT molecular complexity index is 331. The summed E-state index contributed by atoms with van der Waals surface area (Å²) in [7, 11) is 0. The van der Waals surface area contributed by atoms with Crippen LogP contribution in [0.15, 0.2) is 0 Å². The van der Waals surface area contributed by atoms with Crippen LogP contribution in [0.4, 0.5) is 0 Å². The molecule has 2 unspecified atom stereocenters. The third kappa shape index (κ3) is 2.77. The number of likely N-dealkylation sites (tertiary alicyclic amines) is 1. The summed E-state index contributed by atoms with van der Waals surface area (Å²) < 4.78 is 0. The Kier molecular flexibility index (Phi) is 4.61. The predicted molar refractivity (Wildman–Crippen MR) is 81.5 cm³/mol. The van der Waals surface area contributed by atoms with Crippen LogP contribution in [0.2, 0.25) is 0 Å². The molecule has 5 fully saturated rings. The maximum Gasteiger partial charge on any atom is 0.0749 e. The van der Waals surface area contributed by atoms with Crippen molar-refractivity contribution in [3.8, 4) is 0 Å². The van der Waals surface area contributed by atoms with Gasteiger partial charge in [-0.3, -0.25) is 4.90 Å². The van der Waals surface area contributed by atoms with Crippen molar-refractivity contribution in [3.63, 3.8) is 0 Å². The van der Waals surface area contributed by atoms with E-state index >= 15 is 0 Å². The Morgan fingerprint density at radius 3 is 1.86 bits per heavy atom. The van der Waals surface area contributed by atoms with Crippen LogP contribution in [0, 0.1) is 23.2 Å². The maximum atomic E-state index is 11.2. The van der Waals surface area contributed by atoms with Crippen molar-refractivity contribution in [2.75, 3.05) is 13.1 Å². The van der Waals surface area contributed by atoms with Crippen molar-refractivity contribution < 1.29 is 17.5 Å². The molecule has 4 bridgehead atoms. The Morgan fingerprint density at radius 1 is 0.905 bits per heavy atom. The van der Waals surface area contributed by atoms with E-state index in [4.69, 9.17) is 0 Å². The number of hydrogen-bond acceptors (Lipinski definition) is 2. The van der Waals surface area contributed by atoms with Gasteiger partial charge in [-0.2, -0.15) is 0 Å². The topological polar surface area (TPSA) is 23.5 Å². The molecule has 0 aromatic rings. The van der Waals surface area contributed by atoms with E-state index in [0.717, 1.165) is 17.8 Å². The van der Waals surface area contributed by atoms with Crippen molar-refractivity contribution in [2.45, 2.75) is 76.9 Å². The monoisotopic (exact) mass is 312 g/mol. The van der Waals surface area contributed by atoms with Gasteiger partial charge in [0.25, 0.3) is 0 Å². The standard InChI is InChI=1S/C18H31NO.ClH/c1-13(19-5-3-2-4-6-19)17(20)18-10-14-7-15(11-18)9-16(8-14)12-18;/h13-17,20H,2-12H2,1H3;1H/p-1. The quantitative estimate of drug-likeness (QED) is 0.817. The largest absolute Gasteiger partial charge is 1.00 e. The summed E-state index contributed by atoms with van der Waals surface area (Å²) in [6, 6.07) is 0.381. The molecule has 0 radical (unpaired) electrons. The van der Waals surface area contributed by atoms with Gasteiger partial charge in [-0.15, -0.1) is 0 Å². The minimum absolute atomic E-state index is 0. The van der Waals surface area contributed by atoms with Gasteiger partial charge in [0.2, 0.25) is 0 Å². The van der Waals surface area contributed by atoms with Crippen molar-refractivity contribution in [1.82, 2.24) is 4.90 Å². The predicted octanol–water partition coefficient (Wildman–Crippen LogP) is 0.442. The summed E-state index contributed by atoms with van der Waals surface area (Å²) in [6.45, 7) is 4.73. The van der Waals surface area contributed by atoms with Crippen LogP contribution in [0.3, 0.4) is 0 Å². The minimum Gasteiger partial charge on any atom is -1.00 e. The molecule has 4 saturated carbocycles. The molecular weight excluding hydrogens is 282 g/mol. The highest BCUT2D eigenvalue weighted by atomic mass is 35.5. The number of hydrogen-bond donors (Lipinski definition) is 1. The zero-order valence-corrected chi connectivity index (χ0v) is 14.2. The van der Waals surface area contributed by atoms with Gasteiger partial charge in [0.05, 0.1) is 6.10 Å². The van der Waals surface area contributed by atoms with Crippen molar-refractivity contribution in [1.29, 1.82) is 0 Å². The number of rotatable bonds is 3. The fourth-order valence-corrected chi connectivity index (χ4v) is 6.58. The van der Waals surface area contributed by atoms with E-state index in [-0.39, 0.29) is 18.5 Å². The molecule has 1 saturated heterocycles. The molecule has 2 atom stereocenters. The van der Waals surface area contributed by atoms with Gasteiger partial charge < -0.3 is 17.5 Å². The Hall–Kier alpha value is 0.210. The van der Waals surface area contributed by atoms with Crippen molar-refractivity contribution in [3.05, 3.63) is 0 Å². The van der Waals surface area contributed by atoms with E-state index in [1.54, 1.807) is 0 Å². The van der Waals surface area contributed by atoms with Gasteiger partial charge in [-0.1, -0.05) is 6.42 Å². The summed E-state index contributed by atoms with van der Waals surface area (Å²) in [5.41, 5.74) is 0.297. The van der Waals surface area contributed by atoms with E-state index in [1.165, 1.54) is 70.9 Å². The van der Waals surface area contributed by atoms with Crippen molar-refractivity contribution >= 4 is 0 Å². The minimum atomic E-state index is -0.0750. The molecule has 3 heteroatoms. The second-order valence-corrected chi connectivity index (χ2v) is 8.56. The summed E-state index contributed by atoms with van der Waals surface area (Å²) in [6.07, 6.45) is 12.4. The zero-order chi connectivity index (χ0) is 13.7. The highest BCUT2D eigenvalue weighted by Gasteiger charge is 2.55. The van der Waals surface area contributed by atoms with Crippen LogP contribution in [0.5, 0.6) is 0 Å². The number of aliphatic hydroxyl groups is 1. The lowest BCUT2D eigenvalue weighted by atomic mass is 9.47. The third-order valence-corrected chi connectivity index (χ3v) is 7.14. The summed E-state index contributed by atoms with van der Waals surface area (Å²) >= 11 is 0. The third-order valence-electron chi connectivity index (χ3n) is 7.14. The van der Waals surface area contributed by atoms with Gasteiger partial charge in [0.15, 0.2) is 0 Å². The molecule has 4 aliphatic carbocycles. The van der Waals surface area contributed by atoms with Crippen LogP contribution >= 0.6 is 0 Å². The Balaban J connectivity index is 0.00000132. The molecule has 1 heterocycles. The van der Waals surface area contributed by atoms with E-state index in [9.17, 15) is 5.11 Å².